The molecule has 3 rings (SSSR count). The average molecular weight is 188 g/mol. The van der Waals surface area contributed by atoms with Gasteiger partial charge in [0.05, 0.1) is 6.10 Å². The van der Waals surface area contributed by atoms with E-state index in [1.165, 1.54) is 19.3 Å². The predicted molar refractivity (Wildman–Crippen MR) is 56.8 cm³/mol. The normalized spacial score (nSPS) is 49.1. The maximum absolute atomic E-state index is 10.1. The first-order valence-electron chi connectivity index (χ1n) is 5.54. The lowest BCUT2D eigenvalue weighted by molar-refractivity contribution is 0.0181. The van der Waals surface area contributed by atoms with Crippen molar-refractivity contribution >= 4 is 0 Å². The molecule has 1 saturated carbocycles. The lowest BCUT2D eigenvalue weighted by Crippen LogP contribution is -2.45. The summed E-state index contributed by atoms with van der Waals surface area (Å²) in [6, 6.07) is 0. The van der Waals surface area contributed by atoms with Gasteiger partial charge in [-0.25, -0.2) is 0 Å². The molecule has 0 aromatic heterocycles. The molecule has 3 aliphatic carbocycles. The number of hydrogen-bond acceptors (Lipinski definition) is 1. The SMILES string of the molecule is O[C@H]1C=C[C@@]23C=CC=C[C@@]12CCCC3. The van der Waals surface area contributed by atoms with Gasteiger partial charge in [-0.2, -0.15) is 0 Å². The number of hydrogen-bond donors (Lipinski definition) is 1. The molecule has 0 radical (unpaired) electrons. The lowest BCUT2D eigenvalue weighted by Gasteiger charge is -2.49. The zero-order valence-corrected chi connectivity index (χ0v) is 8.32. The Balaban J connectivity index is 2.14. The van der Waals surface area contributed by atoms with E-state index in [1.54, 1.807) is 0 Å². The molecule has 3 atom stereocenters. The Morgan fingerprint density at radius 3 is 2.64 bits per heavy atom. The second-order valence-electron chi connectivity index (χ2n) is 4.81. The van der Waals surface area contributed by atoms with Gasteiger partial charge in [-0.05, 0) is 12.8 Å². The van der Waals surface area contributed by atoms with Gasteiger partial charge in [0.2, 0.25) is 0 Å². The molecule has 0 spiro atoms. The number of allylic oxidation sites excluding steroid dienone is 4. The molecule has 0 aromatic carbocycles. The van der Waals surface area contributed by atoms with Crippen molar-refractivity contribution in [3.05, 3.63) is 36.5 Å². The maximum Gasteiger partial charge on any atom is 0.0823 e. The zero-order valence-electron chi connectivity index (χ0n) is 8.32. The quantitative estimate of drug-likeness (QED) is 0.579. The molecule has 0 heterocycles. The van der Waals surface area contributed by atoms with Crippen molar-refractivity contribution in [3.63, 3.8) is 0 Å². The Morgan fingerprint density at radius 1 is 1.00 bits per heavy atom. The number of aliphatic hydroxyl groups excluding tert-OH is 1. The second-order valence-corrected chi connectivity index (χ2v) is 4.81. The Morgan fingerprint density at radius 2 is 1.79 bits per heavy atom. The smallest absolute Gasteiger partial charge is 0.0823 e. The fourth-order valence-corrected chi connectivity index (χ4v) is 3.48. The minimum atomic E-state index is -0.274. The van der Waals surface area contributed by atoms with Crippen molar-refractivity contribution in [2.45, 2.75) is 31.8 Å². The molecule has 0 amide bonds. The van der Waals surface area contributed by atoms with Crippen LogP contribution in [-0.2, 0) is 0 Å². The van der Waals surface area contributed by atoms with Crippen LogP contribution in [0.1, 0.15) is 25.7 Å². The van der Waals surface area contributed by atoms with Crippen molar-refractivity contribution in [2.24, 2.45) is 10.8 Å². The van der Waals surface area contributed by atoms with Crippen LogP contribution in [0.2, 0.25) is 0 Å². The van der Waals surface area contributed by atoms with E-state index in [0.717, 1.165) is 6.42 Å². The topological polar surface area (TPSA) is 20.2 Å². The first kappa shape index (κ1) is 8.49. The largest absolute Gasteiger partial charge is 0.388 e. The van der Waals surface area contributed by atoms with Crippen LogP contribution in [0.5, 0.6) is 0 Å². The Hall–Kier alpha value is -0.820. The van der Waals surface area contributed by atoms with Crippen LogP contribution >= 0.6 is 0 Å². The van der Waals surface area contributed by atoms with E-state index in [4.69, 9.17) is 0 Å². The molecule has 1 heteroatoms. The molecule has 1 fully saturated rings. The molecule has 1 nitrogen and oxygen atoms in total. The molecular weight excluding hydrogens is 172 g/mol. The van der Waals surface area contributed by atoms with Gasteiger partial charge in [0.25, 0.3) is 0 Å². The molecule has 74 valence electrons. The minimum absolute atomic E-state index is 0. The van der Waals surface area contributed by atoms with Crippen LogP contribution in [0.15, 0.2) is 36.5 Å². The molecule has 3 aliphatic rings. The van der Waals surface area contributed by atoms with Gasteiger partial charge >= 0.3 is 0 Å². The number of rotatable bonds is 0. The zero-order chi connectivity index (χ0) is 9.65. The van der Waals surface area contributed by atoms with E-state index in [-0.39, 0.29) is 16.9 Å². The van der Waals surface area contributed by atoms with E-state index in [9.17, 15) is 5.11 Å². The van der Waals surface area contributed by atoms with Crippen LogP contribution in [0.4, 0.5) is 0 Å². The second kappa shape index (κ2) is 2.60. The van der Waals surface area contributed by atoms with Gasteiger partial charge in [0.1, 0.15) is 0 Å². The Labute approximate surface area is 84.8 Å². The monoisotopic (exact) mass is 188 g/mol. The van der Waals surface area contributed by atoms with E-state index in [2.05, 4.69) is 30.4 Å². The van der Waals surface area contributed by atoms with Crippen molar-refractivity contribution in [2.75, 3.05) is 0 Å². The predicted octanol–water partition coefficient (Wildman–Crippen LogP) is 2.59. The summed E-state index contributed by atoms with van der Waals surface area (Å²) < 4.78 is 0. The third kappa shape index (κ3) is 0.795. The van der Waals surface area contributed by atoms with Gasteiger partial charge in [-0.3, -0.25) is 0 Å². The van der Waals surface area contributed by atoms with E-state index >= 15 is 0 Å². The standard InChI is InChI=1S/C13H16O/c14-11-5-10-12-6-1-3-8-13(11,12)9-4-2-7-12/h1,3,5-6,8,10-11,14H,2,4,7,9H2/t11-,12-,13+/m0/s1. The van der Waals surface area contributed by atoms with Gasteiger partial charge in [0.15, 0.2) is 0 Å². The Kier molecular flexibility index (Phi) is 1.58. The Bertz CT molecular complexity index is 339. The molecule has 0 saturated heterocycles. The van der Waals surface area contributed by atoms with E-state index in [1.807, 2.05) is 6.08 Å². The lowest BCUT2D eigenvalue weighted by atomic mass is 9.55. The fourth-order valence-electron chi connectivity index (χ4n) is 3.48. The van der Waals surface area contributed by atoms with Crippen molar-refractivity contribution in [3.8, 4) is 0 Å². The molecule has 1 N–H and O–H groups in total. The summed E-state index contributed by atoms with van der Waals surface area (Å²) in [5.41, 5.74) is 0.138. The van der Waals surface area contributed by atoms with Gasteiger partial charge in [-0.1, -0.05) is 49.3 Å². The molecule has 0 aromatic rings. The van der Waals surface area contributed by atoms with E-state index in [0.29, 0.717) is 0 Å². The first-order valence-corrected chi connectivity index (χ1v) is 5.54. The first-order chi connectivity index (χ1) is 6.79. The fraction of sp³-hybridized carbons (Fsp3) is 0.538. The molecule has 0 aliphatic heterocycles. The average Bonchev–Trinajstić information content (AvgIpc) is 2.54. The van der Waals surface area contributed by atoms with Crippen LogP contribution in [0.3, 0.4) is 0 Å². The molecule has 0 bridgehead atoms. The summed E-state index contributed by atoms with van der Waals surface area (Å²) in [6.45, 7) is 0. The van der Waals surface area contributed by atoms with Gasteiger partial charge in [0, 0.05) is 10.8 Å². The van der Waals surface area contributed by atoms with Crippen molar-refractivity contribution in [1.29, 1.82) is 0 Å². The highest BCUT2D eigenvalue weighted by atomic mass is 16.3. The molecule has 0 unspecified atom stereocenters. The molecular formula is C13H16O. The van der Waals surface area contributed by atoms with Crippen LogP contribution in [0, 0.1) is 10.8 Å². The van der Waals surface area contributed by atoms with E-state index < -0.39 is 0 Å². The van der Waals surface area contributed by atoms with Crippen LogP contribution < -0.4 is 0 Å². The van der Waals surface area contributed by atoms with Crippen LogP contribution in [0.25, 0.3) is 0 Å². The third-order valence-corrected chi connectivity index (χ3v) is 4.30. The van der Waals surface area contributed by atoms with Gasteiger partial charge in [-0.15, -0.1) is 0 Å². The highest BCUT2D eigenvalue weighted by Gasteiger charge is 2.55. The summed E-state index contributed by atoms with van der Waals surface area (Å²) in [4.78, 5) is 0. The van der Waals surface area contributed by atoms with Crippen LogP contribution in [-0.4, -0.2) is 11.2 Å². The highest BCUT2D eigenvalue weighted by molar-refractivity contribution is 5.39. The summed E-state index contributed by atoms with van der Waals surface area (Å²) in [5, 5.41) is 10.1. The van der Waals surface area contributed by atoms with Gasteiger partial charge < -0.3 is 5.11 Å². The van der Waals surface area contributed by atoms with Crippen molar-refractivity contribution in [1.82, 2.24) is 0 Å². The highest BCUT2D eigenvalue weighted by Crippen LogP contribution is 2.60. The summed E-state index contributed by atoms with van der Waals surface area (Å²) in [7, 11) is 0. The number of aliphatic hydroxyl groups is 1. The molecule has 14 heavy (non-hydrogen) atoms. The summed E-state index contributed by atoms with van der Waals surface area (Å²) >= 11 is 0. The summed E-state index contributed by atoms with van der Waals surface area (Å²) in [5.74, 6) is 0. The maximum atomic E-state index is 10.1. The van der Waals surface area contributed by atoms with Crippen molar-refractivity contribution < 1.29 is 5.11 Å². The third-order valence-electron chi connectivity index (χ3n) is 4.30. The summed E-state index contributed by atoms with van der Waals surface area (Å²) in [6.07, 6.45) is 17.6. The minimum Gasteiger partial charge on any atom is -0.388 e.